The average molecular weight is 395 g/mol. The number of anilines is 1. The number of nitrogens with one attached hydrogen (secondary N) is 3. The molecule has 28 heavy (non-hydrogen) atoms. The summed E-state index contributed by atoms with van der Waals surface area (Å²) in [4.78, 5) is 16.3. The van der Waals surface area contributed by atoms with Crippen molar-refractivity contribution < 1.29 is 9.32 Å². The van der Waals surface area contributed by atoms with Gasteiger partial charge in [0.1, 0.15) is 0 Å². The molecule has 0 aliphatic rings. The Kier molecular flexibility index (Phi) is 5.70. The number of amides is 1. The third-order valence-corrected chi connectivity index (χ3v) is 4.15. The van der Waals surface area contributed by atoms with Crippen molar-refractivity contribution in [3.05, 3.63) is 66.1 Å². The van der Waals surface area contributed by atoms with E-state index in [2.05, 4.69) is 47.1 Å². The van der Waals surface area contributed by atoms with Crippen LogP contribution in [0.1, 0.15) is 37.0 Å². The van der Waals surface area contributed by atoms with Crippen molar-refractivity contribution in [1.29, 1.82) is 0 Å². The zero-order chi connectivity index (χ0) is 20.1. The zero-order valence-electron chi connectivity index (χ0n) is 15.8. The summed E-state index contributed by atoms with van der Waals surface area (Å²) >= 11 is 5.12. The first-order valence-electron chi connectivity index (χ1n) is 8.70. The van der Waals surface area contributed by atoms with E-state index in [1.165, 1.54) is 5.56 Å². The Morgan fingerprint density at radius 2 is 1.68 bits per heavy atom. The van der Waals surface area contributed by atoms with Crippen LogP contribution in [-0.2, 0) is 5.41 Å². The highest BCUT2D eigenvalue weighted by molar-refractivity contribution is 7.80. The monoisotopic (exact) mass is 395 g/mol. The average Bonchev–Trinajstić information content (AvgIpc) is 3.17. The number of para-hydroxylation sites is 1. The van der Waals surface area contributed by atoms with E-state index in [9.17, 15) is 4.79 Å². The summed E-state index contributed by atoms with van der Waals surface area (Å²) in [6, 6.07) is 17.2. The first-order valence-corrected chi connectivity index (χ1v) is 9.11. The molecule has 0 aliphatic carbocycles. The molecule has 1 aromatic heterocycles. The highest BCUT2D eigenvalue weighted by Gasteiger charge is 2.18. The molecule has 0 saturated heterocycles. The van der Waals surface area contributed by atoms with Crippen LogP contribution in [0.5, 0.6) is 0 Å². The molecule has 144 valence electrons. The number of aromatic nitrogens is 2. The van der Waals surface area contributed by atoms with Crippen LogP contribution in [0.2, 0.25) is 0 Å². The lowest BCUT2D eigenvalue weighted by molar-refractivity contribution is 0.0900. The van der Waals surface area contributed by atoms with Gasteiger partial charge in [0.15, 0.2) is 5.11 Å². The molecular weight excluding hydrogens is 374 g/mol. The maximum absolute atomic E-state index is 12.2. The van der Waals surface area contributed by atoms with Gasteiger partial charge < -0.3 is 9.84 Å². The number of thiocarbonyl (C=S) groups is 1. The van der Waals surface area contributed by atoms with Crippen LogP contribution >= 0.6 is 12.2 Å². The Labute approximate surface area is 168 Å². The van der Waals surface area contributed by atoms with E-state index < -0.39 is 5.91 Å². The van der Waals surface area contributed by atoms with Gasteiger partial charge in [-0.1, -0.05) is 68.4 Å². The number of carbonyl (C=O) groups excluding carboxylic acids is 1. The lowest BCUT2D eigenvalue weighted by atomic mass is 9.87. The molecule has 3 N–H and O–H groups in total. The van der Waals surface area contributed by atoms with Crippen molar-refractivity contribution in [1.82, 2.24) is 21.0 Å². The molecule has 0 spiro atoms. The minimum absolute atomic E-state index is 0.0543. The van der Waals surface area contributed by atoms with Crippen molar-refractivity contribution in [2.75, 3.05) is 5.32 Å². The minimum atomic E-state index is -0.581. The summed E-state index contributed by atoms with van der Waals surface area (Å²) in [5, 5.41) is 7.04. The zero-order valence-corrected chi connectivity index (χ0v) is 16.6. The Bertz CT molecular complexity index is 962. The lowest BCUT2D eigenvalue weighted by Crippen LogP contribution is -2.43. The summed E-state index contributed by atoms with van der Waals surface area (Å²) in [5.74, 6) is -0.400. The predicted octanol–water partition coefficient (Wildman–Crippen LogP) is 3.67. The number of hydrazine groups is 1. The fraction of sp³-hybridized carbons (Fsp3) is 0.200. The second kappa shape index (κ2) is 8.18. The first-order chi connectivity index (χ1) is 13.3. The van der Waals surface area contributed by atoms with Crippen molar-refractivity contribution in [3.8, 4) is 11.4 Å². The molecule has 0 atom stereocenters. The summed E-state index contributed by atoms with van der Waals surface area (Å²) in [6.07, 6.45) is 0. The summed E-state index contributed by atoms with van der Waals surface area (Å²) < 4.78 is 5.05. The smallest absolute Gasteiger partial charge is 0.328 e. The molecule has 2 aromatic carbocycles. The number of benzene rings is 2. The fourth-order valence-corrected chi connectivity index (χ4v) is 2.57. The number of nitrogens with zero attached hydrogens (tertiary/aromatic N) is 2. The van der Waals surface area contributed by atoms with Gasteiger partial charge in [0.25, 0.3) is 0 Å². The van der Waals surface area contributed by atoms with Crippen LogP contribution in [0.3, 0.4) is 0 Å². The van der Waals surface area contributed by atoms with Gasteiger partial charge in [-0.2, -0.15) is 4.98 Å². The Morgan fingerprint density at radius 1 is 1.00 bits per heavy atom. The molecule has 1 amide bonds. The number of hydrogen-bond donors (Lipinski definition) is 3. The van der Waals surface area contributed by atoms with Crippen LogP contribution in [0.4, 0.5) is 5.69 Å². The molecule has 3 rings (SSSR count). The normalized spacial score (nSPS) is 11.0. The van der Waals surface area contributed by atoms with E-state index in [4.69, 9.17) is 16.7 Å². The molecular formula is C20H21N5O2S. The Balaban J connectivity index is 1.58. The second-order valence-electron chi connectivity index (χ2n) is 7.15. The maximum Gasteiger partial charge on any atom is 0.328 e. The molecule has 7 nitrogen and oxygen atoms in total. The first kappa shape index (κ1) is 19.5. The molecule has 0 fully saturated rings. The Hall–Kier alpha value is -3.26. The van der Waals surface area contributed by atoms with E-state index in [1.54, 1.807) is 0 Å². The standard InChI is InChI=1S/C20H21N5O2S/c1-20(2,3)14-11-9-13(10-12-14)16-22-18(27-25-16)17(26)23-24-19(28)21-15-7-5-4-6-8-15/h4-12H,1-3H3,(H,23,26)(H2,21,24,28). The highest BCUT2D eigenvalue weighted by atomic mass is 32.1. The van der Waals surface area contributed by atoms with E-state index in [-0.39, 0.29) is 16.4 Å². The second-order valence-corrected chi connectivity index (χ2v) is 7.56. The van der Waals surface area contributed by atoms with Gasteiger partial charge in [-0.15, -0.1) is 0 Å². The van der Waals surface area contributed by atoms with Gasteiger partial charge in [-0.25, -0.2) is 0 Å². The van der Waals surface area contributed by atoms with Gasteiger partial charge in [-0.05, 0) is 35.3 Å². The molecule has 0 saturated carbocycles. The fourth-order valence-electron chi connectivity index (χ4n) is 2.40. The van der Waals surface area contributed by atoms with Gasteiger partial charge >= 0.3 is 11.8 Å². The number of rotatable bonds is 3. The van der Waals surface area contributed by atoms with Gasteiger partial charge in [0.05, 0.1) is 0 Å². The van der Waals surface area contributed by atoms with Gasteiger partial charge in [0.2, 0.25) is 5.82 Å². The number of hydrogen-bond acceptors (Lipinski definition) is 5. The van der Waals surface area contributed by atoms with Crippen molar-refractivity contribution in [2.24, 2.45) is 0 Å². The van der Waals surface area contributed by atoms with Crippen LogP contribution in [0.15, 0.2) is 59.1 Å². The molecule has 0 aliphatic heterocycles. The quantitative estimate of drug-likeness (QED) is 0.460. The molecule has 0 bridgehead atoms. The summed E-state index contributed by atoms with van der Waals surface area (Å²) in [6.45, 7) is 6.43. The third kappa shape index (κ3) is 4.92. The molecule has 8 heteroatoms. The highest BCUT2D eigenvalue weighted by Crippen LogP contribution is 2.24. The van der Waals surface area contributed by atoms with E-state index in [0.717, 1.165) is 11.3 Å². The van der Waals surface area contributed by atoms with E-state index in [1.807, 2.05) is 54.6 Å². The Morgan fingerprint density at radius 3 is 2.32 bits per heavy atom. The van der Waals surface area contributed by atoms with Crippen molar-refractivity contribution in [3.63, 3.8) is 0 Å². The minimum Gasteiger partial charge on any atom is -0.331 e. The van der Waals surface area contributed by atoms with E-state index >= 15 is 0 Å². The topological polar surface area (TPSA) is 92.1 Å². The molecule has 1 heterocycles. The summed E-state index contributed by atoms with van der Waals surface area (Å²) in [7, 11) is 0. The molecule has 0 radical (unpaired) electrons. The SMILES string of the molecule is CC(C)(C)c1ccc(-c2noc(C(=O)NNC(=S)Nc3ccccc3)n2)cc1. The van der Waals surface area contributed by atoms with Crippen molar-refractivity contribution >= 4 is 28.9 Å². The molecule has 3 aromatic rings. The van der Waals surface area contributed by atoms with Crippen molar-refractivity contribution in [2.45, 2.75) is 26.2 Å². The largest absolute Gasteiger partial charge is 0.331 e. The van der Waals surface area contributed by atoms with E-state index in [0.29, 0.717) is 5.82 Å². The lowest BCUT2D eigenvalue weighted by Gasteiger charge is -2.18. The van der Waals surface area contributed by atoms with Crippen LogP contribution in [-0.4, -0.2) is 21.2 Å². The number of carbonyl (C=O) groups is 1. The van der Waals surface area contributed by atoms with Gasteiger partial charge in [0, 0.05) is 11.3 Å². The third-order valence-electron chi connectivity index (χ3n) is 3.95. The summed E-state index contributed by atoms with van der Waals surface area (Å²) in [5.41, 5.74) is 7.84. The predicted molar refractivity (Wildman–Crippen MR) is 112 cm³/mol. The molecule has 0 unspecified atom stereocenters. The van der Waals surface area contributed by atoms with Crippen LogP contribution in [0, 0.1) is 0 Å². The van der Waals surface area contributed by atoms with Crippen LogP contribution in [0.25, 0.3) is 11.4 Å². The maximum atomic E-state index is 12.2. The van der Waals surface area contributed by atoms with Gasteiger partial charge in [-0.3, -0.25) is 15.6 Å². The van der Waals surface area contributed by atoms with Crippen LogP contribution < -0.4 is 16.2 Å².